The standard InChI is InChI=1S/C17H20N2O2/c1-13-6-7-14(2)16(11-13)21-12-17(20)19-10-8-15-5-3-4-9-18-15/h3-7,9,11H,8,10,12H2,1-2H3,(H,19,20). The summed E-state index contributed by atoms with van der Waals surface area (Å²) in [6, 6.07) is 11.7. The van der Waals surface area contributed by atoms with Gasteiger partial charge in [-0.3, -0.25) is 9.78 Å². The van der Waals surface area contributed by atoms with E-state index >= 15 is 0 Å². The third kappa shape index (κ3) is 4.91. The molecule has 1 heterocycles. The van der Waals surface area contributed by atoms with Gasteiger partial charge in [0, 0.05) is 24.9 Å². The summed E-state index contributed by atoms with van der Waals surface area (Å²) in [5.41, 5.74) is 3.11. The zero-order chi connectivity index (χ0) is 15.1. The topological polar surface area (TPSA) is 51.2 Å². The number of carbonyl (C=O) groups is 1. The highest BCUT2D eigenvalue weighted by atomic mass is 16.5. The van der Waals surface area contributed by atoms with Crippen LogP contribution in [0.25, 0.3) is 0 Å². The van der Waals surface area contributed by atoms with Gasteiger partial charge in [-0.15, -0.1) is 0 Å². The summed E-state index contributed by atoms with van der Waals surface area (Å²) in [5.74, 6) is 0.640. The van der Waals surface area contributed by atoms with Crippen LogP contribution in [0.3, 0.4) is 0 Å². The van der Waals surface area contributed by atoms with Gasteiger partial charge in [0.15, 0.2) is 6.61 Å². The van der Waals surface area contributed by atoms with Crippen LogP contribution >= 0.6 is 0 Å². The van der Waals surface area contributed by atoms with Crippen LogP contribution in [0.4, 0.5) is 0 Å². The zero-order valence-corrected chi connectivity index (χ0v) is 12.4. The number of benzene rings is 1. The van der Waals surface area contributed by atoms with E-state index in [4.69, 9.17) is 4.74 Å². The molecule has 0 radical (unpaired) electrons. The molecule has 4 heteroatoms. The lowest BCUT2D eigenvalue weighted by Crippen LogP contribution is -2.30. The van der Waals surface area contributed by atoms with E-state index in [1.807, 2.05) is 50.2 Å². The predicted octanol–water partition coefficient (Wildman–Crippen LogP) is 2.44. The highest BCUT2D eigenvalue weighted by molar-refractivity contribution is 5.77. The van der Waals surface area contributed by atoms with Gasteiger partial charge in [-0.1, -0.05) is 18.2 Å². The summed E-state index contributed by atoms with van der Waals surface area (Å²) >= 11 is 0. The minimum Gasteiger partial charge on any atom is -0.483 e. The van der Waals surface area contributed by atoms with Gasteiger partial charge in [-0.05, 0) is 43.2 Å². The lowest BCUT2D eigenvalue weighted by molar-refractivity contribution is -0.123. The number of nitrogens with one attached hydrogen (secondary N) is 1. The normalized spacial score (nSPS) is 10.2. The quantitative estimate of drug-likeness (QED) is 0.886. The van der Waals surface area contributed by atoms with Gasteiger partial charge in [-0.25, -0.2) is 0 Å². The van der Waals surface area contributed by atoms with E-state index < -0.39 is 0 Å². The van der Waals surface area contributed by atoms with Crippen molar-refractivity contribution in [1.29, 1.82) is 0 Å². The largest absolute Gasteiger partial charge is 0.483 e. The van der Waals surface area contributed by atoms with Crippen molar-refractivity contribution in [3.05, 3.63) is 59.4 Å². The van der Waals surface area contributed by atoms with E-state index in [9.17, 15) is 4.79 Å². The number of hydrogen-bond donors (Lipinski definition) is 1. The average Bonchev–Trinajstić information content (AvgIpc) is 2.49. The van der Waals surface area contributed by atoms with E-state index in [-0.39, 0.29) is 12.5 Å². The van der Waals surface area contributed by atoms with Crippen LogP contribution < -0.4 is 10.1 Å². The maximum atomic E-state index is 11.7. The van der Waals surface area contributed by atoms with Crippen molar-refractivity contribution in [3.63, 3.8) is 0 Å². The van der Waals surface area contributed by atoms with E-state index in [0.717, 1.165) is 29.0 Å². The molecule has 0 saturated heterocycles. The van der Waals surface area contributed by atoms with Crippen LogP contribution in [-0.2, 0) is 11.2 Å². The minimum absolute atomic E-state index is 0.0342. The van der Waals surface area contributed by atoms with Gasteiger partial charge in [0.05, 0.1) is 0 Å². The summed E-state index contributed by atoms with van der Waals surface area (Å²) in [6.45, 7) is 4.56. The lowest BCUT2D eigenvalue weighted by Gasteiger charge is -2.10. The van der Waals surface area contributed by atoms with Crippen molar-refractivity contribution >= 4 is 5.91 Å². The Morgan fingerprint density at radius 1 is 1.24 bits per heavy atom. The van der Waals surface area contributed by atoms with Gasteiger partial charge >= 0.3 is 0 Å². The molecule has 1 aromatic carbocycles. The number of aryl methyl sites for hydroxylation is 2. The first kappa shape index (κ1) is 15.0. The molecule has 0 aliphatic rings. The van der Waals surface area contributed by atoms with Gasteiger partial charge in [-0.2, -0.15) is 0 Å². The van der Waals surface area contributed by atoms with Crippen molar-refractivity contribution in [2.45, 2.75) is 20.3 Å². The molecule has 0 saturated carbocycles. The lowest BCUT2D eigenvalue weighted by atomic mass is 10.1. The number of hydrogen-bond acceptors (Lipinski definition) is 3. The SMILES string of the molecule is Cc1ccc(C)c(OCC(=O)NCCc2ccccn2)c1. The first-order chi connectivity index (χ1) is 10.1. The van der Waals surface area contributed by atoms with Gasteiger partial charge < -0.3 is 10.1 Å². The Labute approximate surface area is 125 Å². The molecule has 2 aromatic rings. The van der Waals surface area contributed by atoms with Crippen LogP contribution in [0.2, 0.25) is 0 Å². The number of carbonyl (C=O) groups excluding carboxylic acids is 1. The predicted molar refractivity (Wildman–Crippen MR) is 82.4 cm³/mol. The number of ether oxygens (including phenoxy) is 1. The van der Waals surface area contributed by atoms with Crippen molar-refractivity contribution in [2.75, 3.05) is 13.2 Å². The van der Waals surface area contributed by atoms with Crippen LogP contribution in [0, 0.1) is 13.8 Å². The fourth-order valence-corrected chi connectivity index (χ4v) is 1.93. The monoisotopic (exact) mass is 284 g/mol. The molecular weight excluding hydrogens is 264 g/mol. The fraction of sp³-hybridized carbons (Fsp3) is 0.294. The van der Waals surface area contributed by atoms with Crippen molar-refractivity contribution in [3.8, 4) is 5.75 Å². The second-order valence-corrected chi connectivity index (χ2v) is 4.98. The molecule has 110 valence electrons. The van der Waals surface area contributed by atoms with Crippen molar-refractivity contribution < 1.29 is 9.53 Å². The maximum Gasteiger partial charge on any atom is 0.257 e. The third-order valence-corrected chi connectivity index (χ3v) is 3.13. The van der Waals surface area contributed by atoms with Gasteiger partial charge in [0.25, 0.3) is 5.91 Å². The molecule has 2 rings (SSSR count). The Hall–Kier alpha value is -2.36. The van der Waals surface area contributed by atoms with E-state index in [0.29, 0.717) is 6.54 Å². The Kier molecular flexibility index (Phi) is 5.32. The van der Waals surface area contributed by atoms with E-state index in [1.165, 1.54) is 0 Å². The summed E-state index contributed by atoms with van der Waals surface area (Å²) in [6.07, 6.45) is 2.47. The molecule has 0 bridgehead atoms. The Morgan fingerprint density at radius 3 is 2.86 bits per heavy atom. The van der Waals surface area contributed by atoms with E-state index in [2.05, 4.69) is 10.3 Å². The third-order valence-electron chi connectivity index (χ3n) is 3.13. The zero-order valence-electron chi connectivity index (χ0n) is 12.4. The molecule has 1 aromatic heterocycles. The van der Waals surface area contributed by atoms with Crippen LogP contribution in [-0.4, -0.2) is 24.0 Å². The van der Waals surface area contributed by atoms with Crippen molar-refractivity contribution in [1.82, 2.24) is 10.3 Å². The number of nitrogens with zero attached hydrogens (tertiary/aromatic N) is 1. The fourth-order valence-electron chi connectivity index (χ4n) is 1.93. The molecular formula is C17H20N2O2. The van der Waals surface area contributed by atoms with Gasteiger partial charge in [0.2, 0.25) is 0 Å². The summed E-state index contributed by atoms with van der Waals surface area (Å²) in [4.78, 5) is 16.0. The molecule has 0 unspecified atom stereocenters. The first-order valence-corrected chi connectivity index (χ1v) is 7.02. The molecule has 0 aliphatic heterocycles. The molecule has 0 fully saturated rings. The smallest absolute Gasteiger partial charge is 0.257 e. The number of pyridine rings is 1. The number of rotatable bonds is 6. The average molecular weight is 284 g/mol. The van der Waals surface area contributed by atoms with Gasteiger partial charge in [0.1, 0.15) is 5.75 Å². The second kappa shape index (κ2) is 7.43. The Bertz CT molecular complexity index is 597. The number of aromatic nitrogens is 1. The minimum atomic E-state index is -0.119. The second-order valence-electron chi connectivity index (χ2n) is 4.98. The summed E-state index contributed by atoms with van der Waals surface area (Å²) < 4.78 is 5.55. The summed E-state index contributed by atoms with van der Waals surface area (Å²) in [5, 5.41) is 2.83. The highest BCUT2D eigenvalue weighted by Gasteiger charge is 2.05. The maximum absolute atomic E-state index is 11.7. The highest BCUT2D eigenvalue weighted by Crippen LogP contribution is 2.18. The molecule has 0 spiro atoms. The van der Waals surface area contributed by atoms with Crippen LogP contribution in [0.5, 0.6) is 5.75 Å². The Morgan fingerprint density at radius 2 is 2.10 bits per heavy atom. The van der Waals surface area contributed by atoms with Crippen molar-refractivity contribution in [2.24, 2.45) is 0 Å². The Balaban J connectivity index is 1.74. The summed E-state index contributed by atoms with van der Waals surface area (Å²) in [7, 11) is 0. The molecule has 1 amide bonds. The van der Waals surface area contributed by atoms with E-state index in [1.54, 1.807) is 6.20 Å². The first-order valence-electron chi connectivity index (χ1n) is 7.02. The molecule has 0 aliphatic carbocycles. The molecule has 4 nitrogen and oxygen atoms in total. The van der Waals surface area contributed by atoms with Crippen LogP contribution in [0.15, 0.2) is 42.6 Å². The van der Waals surface area contributed by atoms with Crippen LogP contribution in [0.1, 0.15) is 16.8 Å². The molecule has 0 atom stereocenters. The molecule has 21 heavy (non-hydrogen) atoms. The number of amides is 1. The molecule has 1 N–H and O–H groups in total.